The lowest BCUT2D eigenvalue weighted by Gasteiger charge is -2.43. The van der Waals surface area contributed by atoms with Gasteiger partial charge in [0.15, 0.2) is 0 Å². The van der Waals surface area contributed by atoms with Crippen LogP contribution in [0.25, 0.3) is 10.2 Å². The Morgan fingerprint density at radius 3 is 2.75 bits per heavy atom. The van der Waals surface area contributed by atoms with Crippen molar-refractivity contribution < 1.29 is 0 Å². The Kier molecular flexibility index (Phi) is 5.68. The van der Waals surface area contributed by atoms with Crippen LogP contribution >= 0.6 is 11.3 Å². The van der Waals surface area contributed by atoms with Gasteiger partial charge < -0.3 is 4.90 Å². The molecule has 170 valence electrons. The molecule has 2 unspecified atom stereocenters. The zero-order valence-corrected chi connectivity index (χ0v) is 19.8. The first-order valence-electron chi connectivity index (χ1n) is 12.6. The fourth-order valence-corrected chi connectivity index (χ4v) is 7.56. The van der Waals surface area contributed by atoms with Crippen molar-refractivity contribution in [3.63, 3.8) is 0 Å². The first kappa shape index (κ1) is 20.7. The topological polar surface area (TPSA) is 41.4 Å². The lowest BCUT2D eigenvalue weighted by Crippen LogP contribution is -2.48. The van der Waals surface area contributed by atoms with Crippen molar-refractivity contribution in [2.75, 3.05) is 32.7 Å². The molecule has 6 heteroatoms. The summed E-state index contributed by atoms with van der Waals surface area (Å²) in [5.74, 6) is 1.51. The highest BCUT2D eigenvalue weighted by atomic mass is 32.1. The third kappa shape index (κ3) is 3.75. The highest BCUT2D eigenvalue weighted by Crippen LogP contribution is 2.39. The minimum atomic E-state index is 0.176. The molecule has 2 atom stereocenters. The molecule has 2 aromatic heterocycles. The summed E-state index contributed by atoms with van der Waals surface area (Å²) in [6.45, 7) is 6.04. The maximum absolute atomic E-state index is 13.2. The second-order valence-electron chi connectivity index (χ2n) is 9.99. The van der Waals surface area contributed by atoms with Crippen molar-refractivity contribution >= 4 is 21.6 Å². The van der Waals surface area contributed by atoms with Crippen LogP contribution in [0.15, 0.2) is 35.0 Å². The Labute approximate surface area is 194 Å². The Morgan fingerprint density at radius 2 is 1.84 bits per heavy atom. The van der Waals surface area contributed by atoms with E-state index in [2.05, 4.69) is 33.0 Å². The molecular formula is C26H34N4OS. The molecule has 5 nitrogen and oxygen atoms in total. The number of piperazine rings is 1. The van der Waals surface area contributed by atoms with Gasteiger partial charge in [-0.05, 0) is 56.1 Å². The van der Waals surface area contributed by atoms with Crippen molar-refractivity contribution in [2.45, 2.75) is 57.9 Å². The minimum Gasteiger partial charge on any atom is -0.372 e. The van der Waals surface area contributed by atoms with Crippen molar-refractivity contribution in [1.82, 2.24) is 19.4 Å². The molecule has 6 rings (SSSR count). The number of allylic oxidation sites excluding steroid dienone is 4. The number of thiophene rings is 1. The van der Waals surface area contributed by atoms with Crippen LogP contribution in [0.4, 0.5) is 0 Å². The molecule has 0 amide bonds. The molecule has 0 spiro atoms. The van der Waals surface area contributed by atoms with E-state index >= 15 is 0 Å². The molecular weight excluding hydrogens is 416 g/mol. The smallest absolute Gasteiger partial charge is 0.262 e. The summed E-state index contributed by atoms with van der Waals surface area (Å²) in [5.41, 5.74) is 3.06. The van der Waals surface area contributed by atoms with Gasteiger partial charge in [-0.25, -0.2) is 4.98 Å². The summed E-state index contributed by atoms with van der Waals surface area (Å²) in [5, 5.41) is 0.913. The third-order valence-corrected chi connectivity index (χ3v) is 9.36. The number of hydrogen-bond acceptors (Lipinski definition) is 5. The van der Waals surface area contributed by atoms with E-state index in [1.807, 2.05) is 4.57 Å². The van der Waals surface area contributed by atoms with Crippen LogP contribution in [0, 0.1) is 11.8 Å². The second kappa shape index (κ2) is 8.79. The largest absolute Gasteiger partial charge is 0.372 e. The Balaban J connectivity index is 1.09. The van der Waals surface area contributed by atoms with E-state index in [1.165, 1.54) is 49.0 Å². The molecule has 32 heavy (non-hydrogen) atoms. The van der Waals surface area contributed by atoms with Crippen molar-refractivity contribution in [3.8, 4) is 0 Å². The zero-order valence-electron chi connectivity index (χ0n) is 19.0. The van der Waals surface area contributed by atoms with E-state index < -0.39 is 0 Å². The van der Waals surface area contributed by atoms with Crippen molar-refractivity contribution in [2.24, 2.45) is 11.8 Å². The van der Waals surface area contributed by atoms with Crippen LogP contribution in [-0.2, 0) is 19.4 Å². The second-order valence-corrected chi connectivity index (χ2v) is 11.1. The van der Waals surface area contributed by atoms with Crippen LogP contribution < -0.4 is 5.56 Å². The molecule has 1 saturated heterocycles. The summed E-state index contributed by atoms with van der Waals surface area (Å²) in [7, 11) is 0. The molecule has 3 heterocycles. The lowest BCUT2D eigenvalue weighted by atomic mass is 9.75. The number of nitrogens with zero attached hydrogens (tertiary/aromatic N) is 4. The van der Waals surface area contributed by atoms with E-state index in [1.54, 1.807) is 23.4 Å². The van der Waals surface area contributed by atoms with E-state index in [0.717, 1.165) is 74.2 Å². The molecule has 2 aromatic rings. The number of rotatable bonds is 4. The molecule has 1 saturated carbocycles. The molecule has 0 radical (unpaired) electrons. The summed E-state index contributed by atoms with van der Waals surface area (Å²) in [6, 6.07) is 0. The Morgan fingerprint density at radius 1 is 1.00 bits per heavy atom. The van der Waals surface area contributed by atoms with E-state index in [-0.39, 0.29) is 5.56 Å². The average molecular weight is 451 g/mol. The van der Waals surface area contributed by atoms with Gasteiger partial charge in [-0.2, -0.15) is 0 Å². The zero-order chi connectivity index (χ0) is 21.5. The van der Waals surface area contributed by atoms with Gasteiger partial charge >= 0.3 is 0 Å². The van der Waals surface area contributed by atoms with Gasteiger partial charge in [-0.3, -0.25) is 14.3 Å². The molecule has 4 aliphatic rings. The number of fused-ring (bicyclic) bond motifs is 4. The number of aromatic nitrogens is 2. The van der Waals surface area contributed by atoms with Crippen LogP contribution in [-0.4, -0.2) is 52.1 Å². The molecule has 0 aromatic carbocycles. The van der Waals surface area contributed by atoms with Gasteiger partial charge in [0.1, 0.15) is 4.83 Å². The third-order valence-electron chi connectivity index (χ3n) is 8.16. The van der Waals surface area contributed by atoms with Gasteiger partial charge in [0.05, 0.1) is 11.7 Å². The molecule has 0 bridgehead atoms. The van der Waals surface area contributed by atoms with Crippen LogP contribution in [0.1, 0.15) is 49.0 Å². The van der Waals surface area contributed by atoms with Crippen molar-refractivity contribution in [1.29, 1.82) is 0 Å². The number of aryl methyl sites for hydroxylation is 2. The molecule has 0 N–H and O–H groups in total. The lowest BCUT2D eigenvalue weighted by molar-refractivity contribution is 0.132. The molecule has 1 aliphatic heterocycles. The van der Waals surface area contributed by atoms with Gasteiger partial charge in [0.2, 0.25) is 0 Å². The predicted octanol–water partition coefficient (Wildman–Crippen LogP) is 4.21. The van der Waals surface area contributed by atoms with E-state index in [0.29, 0.717) is 0 Å². The van der Waals surface area contributed by atoms with Crippen LogP contribution in [0.5, 0.6) is 0 Å². The van der Waals surface area contributed by atoms with Gasteiger partial charge in [-0.1, -0.05) is 25.0 Å². The van der Waals surface area contributed by atoms with Gasteiger partial charge in [0, 0.05) is 55.8 Å². The highest BCUT2D eigenvalue weighted by molar-refractivity contribution is 7.18. The fraction of sp³-hybridized carbons (Fsp3) is 0.615. The standard InChI is InChI=1S/C26H34N4OS/c31-26-24-21-9-3-4-11-23(21)32-25(24)27-18-30(26)17-14-28-12-15-29(16-13-28)22-10-5-7-19-6-1-2-8-20(19)22/h5,7,10,18-20H,1-4,6,8-9,11-17H2. The fourth-order valence-electron chi connectivity index (χ4n) is 6.34. The summed E-state index contributed by atoms with van der Waals surface area (Å²) >= 11 is 1.74. The van der Waals surface area contributed by atoms with E-state index in [9.17, 15) is 4.79 Å². The Bertz CT molecular complexity index is 1100. The molecule has 2 fully saturated rings. The predicted molar refractivity (Wildman–Crippen MR) is 131 cm³/mol. The number of hydrogen-bond donors (Lipinski definition) is 0. The van der Waals surface area contributed by atoms with Gasteiger partial charge in [-0.15, -0.1) is 11.3 Å². The molecule has 3 aliphatic carbocycles. The quantitative estimate of drug-likeness (QED) is 0.700. The first-order valence-corrected chi connectivity index (χ1v) is 13.4. The maximum atomic E-state index is 13.2. The van der Waals surface area contributed by atoms with Crippen LogP contribution in [0.2, 0.25) is 0 Å². The summed E-state index contributed by atoms with van der Waals surface area (Å²) in [6.07, 6.45) is 19.0. The maximum Gasteiger partial charge on any atom is 0.262 e. The summed E-state index contributed by atoms with van der Waals surface area (Å²) < 4.78 is 1.86. The first-order chi connectivity index (χ1) is 15.8. The normalized spacial score (nSPS) is 26.1. The highest BCUT2D eigenvalue weighted by Gasteiger charge is 2.32. The SMILES string of the molecule is O=c1c2c3c(sc2ncn1CCN1CCN(C2=CC=CC4CCCCC24)CC1)CCCC3. The summed E-state index contributed by atoms with van der Waals surface area (Å²) in [4.78, 5) is 25.4. The Hall–Kier alpha value is -1.92. The van der Waals surface area contributed by atoms with Crippen molar-refractivity contribution in [3.05, 3.63) is 51.0 Å². The van der Waals surface area contributed by atoms with Crippen LogP contribution in [0.3, 0.4) is 0 Å². The van der Waals surface area contributed by atoms with E-state index in [4.69, 9.17) is 0 Å². The average Bonchev–Trinajstić information content (AvgIpc) is 3.23. The van der Waals surface area contributed by atoms with Gasteiger partial charge in [0.25, 0.3) is 5.56 Å². The minimum absolute atomic E-state index is 0.176. The monoisotopic (exact) mass is 450 g/mol.